The van der Waals surface area contributed by atoms with Crippen LogP contribution in [-0.2, 0) is 79.8 Å². The van der Waals surface area contributed by atoms with Crippen molar-refractivity contribution in [3.8, 4) is 0 Å². The molecule has 4 aliphatic heterocycles. The van der Waals surface area contributed by atoms with Crippen LogP contribution in [0.25, 0.3) is 0 Å². The predicted octanol–water partition coefficient (Wildman–Crippen LogP) is 6.10. The van der Waals surface area contributed by atoms with Crippen LogP contribution < -0.4 is 21.3 Å². The van der Waals surface area contributed by atoms with Crippen molar-refractivity contribution in [2.75, 3.05) is 32.6 Å². The molecule has 0 unspecified atom stereocenters. The minimum atomic E-state index is -1.70. The van der Waals surface area contributed by atoms with Gasteiger partial charge in [-0.1, -0.05) is 62.2 Å². The van der Waals surface area contributed by atoms with Gasteiger partial charge < -0.3 is 55.1 Å². The average molecular weight is 1270 g/mol. The number of unbranched alkanes of at least 4 members (excludes halogenated alkanes) is 1. The van der Waals surface area contributed by atoms with Crippen molar-refractivity contribution in [1.29, 1.82) is 0 Å². The summed E-state index contributed by atoms with van der Waals surface area (Å²) in [6, 6.07) is 1.12. The quantitative estimate of drug-likeness (QED) is 0.0423. The Kier molecular flexibility index (Phi) is 24.1. The maximum absolute atomic E-state index is 16.2. The lowest BCUT2D eigenvalue weighted by Crippen LogP contribution is -2.53. The summed E-state index contributed by atoms with van der Waals surface area (Å²) >= 11 is 6.83. The summed E-state index contributed by atoms with van der Waals surface area (Å²) in [5.74, 6) is -12.0. The van der Waals surface area contributed by atoms with Gasteiger partial charge in [0, 0.05) is 84.5 Å². The van der Waals surface area contributed by atoms with E-state index in [1.807, 2.05) is 19.1 Å². The van der Waals surface area contributed by atoms with Crippen molar-refractivity contribution in [2.45, 2.75) is 186 Å². The predicted molar refractivity (Wildman–Crippen MR) is 317 cm³/mol. The van der Waals surface area contributed by atoms with Gasteiger partial charge in [0.1, 0.15) is 53.0 Å². The third kappa shape index (κ3) is 17.9. The molecule has 0 saturated carbocycles. The minimum absolute atomic E-state index is 0.0249. The van der Waals surface area contributed by atoms with Gasteiger partial charge in [-0.3, -0.25) is 38.4 Å². The molecule has 486 valence electrons. The van der Waals surface area contributed by atoms with E-state index in [-0.39, 0.29) is 83.0 Å². The average Bonchev–Trinajstić information content (AvgIpc) is 1.66. The Morgan fingerprint density at radius 3 is 2.28 bits per heavy atom. The number of nitrogens with one attached hydrogen (secondary N) is 2. The Morgan fingerprint density at radius 1 is 0.955 bits per heavy atom. The molecule has 2 aromatic carbocycles. The number of halogens is 3. The molecule has 0 aromatic heterocycles. The maximum atomic E-state index is 16.2. The van der Waals surface area contributed by atoms with Crippen molar-refractivity contribution in [1.82, 2.24) is 20.6 Å². The molecule has 4 bridgehead atoms. The number of hydrogen-bond acceptors (Lipinski definition) is 17. The normalized spacial score (nSPS) is 24.9. The number of aryl methyl sites for hydroxylation is 1. The molecule has 2 aromatic rings. The zero-order valence-corrected chi connectivity index (χ0v) is 52.6. The number of nitrogens with two attached hydrogens (primary N) is 1. The summed E-state index contributed by atoms with van der Waals surface area (Å²) in [5.41, 5.74) is 3.49. The number of rotatable bonds is 23. The van der Waals surface area contributed by atoms with E-state index in [9.17, 15) is 57.8 Å². The summed E-state index contributed by atoms with van der Waals surface area (Å²) in [4.78, 5) is 151. The first kappa shape index (κ1) is 70.6. The number of benzene rings is 2. The molecule has 10 atom stereocenters. The molecule has 7 amide bonds. The van der Waals surface area contributed by atoms with Crippen molar-refractivity contribution in [3.05, 3.63) is 87.0 Å². The molecule has 0 spiro atoms. The third-order valence-electron chi connectivity index (χ3n) is 17.0. The first-order valence-electron chi connectivity index (χ1n) is 29.7. The summed E-state index contributed by atoms with van der Waals surface area (Å²) in [6.45, 7) is 11.6. The molecule has 5 N–H and O–H groups in total. The third-order valence-corrected chi connectivity index (χ3v) is 17.5. The zero-order chi connectivity index (χ0) is 66.0. The monoisotopic (exact) mass is 1270 g/mol. The van der Waals surface area contributed by atoms with Crippen LogP contribution in [0.5, 0.6) is 0 Å². The van der Waals surface area contributed by atoms with Crippen molar-refractivity contribution < 1.29 is 90.4 Å². The van der Waals surface area contributed by atoms with Crippen LogP contribution in [-0.4, -0.2) is 156 Å². The lowest BCUT2D eigenvalue weighted by molar-refractivity contribution is -0.197. The number of hydroxylamine groups is 2. The Balaban J connectivity index is 1.16. The fourth-order valence-corrected chi connectivity index (χ4v) is 11.6. The number of ether oxygens (including phenoxy) is 4. The van der Waals surface area contributed by atoms with E-state index >= 15 is 8.78 Å². The standard InChI is InChI=1S/C63H81ClF2N6O17/c1-33(2)41(28-40(73)16-11-12-19-54(78)89-72-51(75)20-21-52(72)76)58(80)69-45(17-14-22-68-61(67)83)47(74)27-39-26-44(66)42(29-43(39)65)59(81)70(8)37(6)60(82)87-50-30-53(77)71(9)46-25-38(24-35(4)56(46)64)23-34(3)15-13-18-49(85-10)63(84)31-48(86-55(79)32-63)36(5)57-62(50,7)88-57/h13,15,18,24-26,29,33,36-37,41,45,48-50,57,84H,11-12,14,16-17,19-23,27-28,30-32H2,1-10H3,(H,69,80)(H3,67,68,83)/b18-13+,34-15+/t36-,37+,41+,45+,48+,49-,50+,57+,62+,63-/m1/s1. The van der Waals surface area contributed by atoms with Gasteiger partial charge >= 0.3 is 23.9 Å². The summed E-state index contributed by atoms with van der Waals surface area (Å²) in [5, 5.41) is 17.7. The number of Topliss-reactive ketones (excluding diaryl/α,β-unsaturated/α-hetero) is 2. The van der Waals surface area contributed by atoms with Crippen LogP contribution >= 0.6 is 11.6 Å². The number of carbonyl (C=O) groups excluding carboxylic acids is 11. The highest BCUT2D eigenvalue weighted by molar-refractivity contribution is 6.34. The van der Waals surface area contributed by atoms with Crippen LogP contribution in [0, 0.1) is 36.3 Å². The van der Waals surface area contributed by atoms with E-state index in [0.29, 0.717) is 39.9 Å². The molecule has 0 aliphatic carbocycles. The van der Waals surface area contributed by atoms with E-state index in [1.54, 1.807) is 52.8 Å². The van der Waals surface area contributed by atoms with Gasteiger partial charge in [-0.25, -0.2) is 23.2 Å². The number of primary amides is 1. The lowest BCUT2D eigenvalue weighted by atomic mass is 9.78. The Hall–Kier alpha value is -7.48. The largest absolute Gasteiger partial charge is 0.462 e. The van der Waals surface area contributed by atoms with Crippen molar-refractivity contribution in [3.63, 3.8) is 0 Å². The highest BCUT2D eigenvalue weighted by atomic mass is 35.5. The number of carbonyl (C=O) groups is 11. The number of fused-ring (bicyclic) bond motifs is 5. The fourth-order valence-electron chi connectivity index (χ4n) is 11.3. The van der Waals surface area contributed by atoms with Gasteiger partial charge in [-0.05, 0) is 101 Å². The number of aliphatic hydroxyl groups is 1. The van der Waals surface area contributed by atoms with Gasteiger partial charge in [-0.2, -0.15) is 0 Å². The summed E-state index contributed by atoms with van der Waals surface area (Å²) < 4.78 is 56.3. The first-order valence-corrected chi connectivity index (χ1v) is 30.1. The first-order chi connectivity index (χ1) is 41.8. The van der Waals surface area contributed by atoms with Crippen molar-refractivity contribution in [2.24, 2.45) is 23.5 Å². The molecule has 0 radical (unpaired) electrons. The van der Waals surface area contributed by atoms with E-state index in [0.717, 1.165) is 23.1 Å². The van der Waals surface area contributed by atoms with Crippen molar-refractivity contribution >= 4 is 82.3 Å². The summed E-state index contributed by atoms with van der Waals surface area (Å²) in [7, 11) is 4.07. The Labute approximate surface area is 520 Å². The van der Waals surface area contributed by atoms with E-state index in [1.165, 1.54) is 26.0 Å². The topological polar surface area (TPSA) is 317 Å². The van der Waals surface area contributed by atoms with Gasteiger partial charge in [-0.15, -0.1) is 5.06 Å². The molecular weight excluding hydrogens is 1190 g/mol. The number of hydrogen-bond donors (Lipinski definition) is 4. The molecule has 3 saturated heterocycles. The number of likely N-dealkylation sites (N-methyl/N-ethyl adjacent to an activating group) is 1. The number of allylic oxidation sites excluding steroid dienone is 3. The SMILES string of the molecule is CO[C@@H]1/C=C/C=C(\C)Cc2cc(C)c(Cl)c(c2)N(C)C(=O)C[C@H](OC(=O)[C@H](C)N(C)C(=O)c2cc(F)c(CC(=O)[C@H](CCCNC(N)=O)NC(=O)[C@@H](CC(=O)CCCCC(=O)ON3C(=O)CCC3=O)C(C)C)cc2F)[C@]2(C)O[C@H]2[C@H](C)[C@@H]2C[C@@]1(O)CC(=O)O2. The molecule has 6 rings (SSSR count). The molecule has 3 fully saturated rings. The van der Waals surface area contributed by atoms with Crippen LogP contribution in [0.1, 0.15) is 146 Å². The number of ketones is 2. The van der Waals surface area contributed by atoms with Gasteiger partial charge in [0.05, 0.1) is 41.3 Å². The number of urea groups is 1. The van der Waals surface area contributed by atoms with Crippen LogP contribution in [0.3, 0.4) is 0 Å². The molecule has 4 heterocycles. The second-order valence-corrected chi connectivity index (χ2v) is 24.5. The number of methoxy groups -OCH3 is 1. The lowest BCUT2D eigenvalue weighted by Gasteiger charge is -2.41. The van der Waals surface area contributed by atoms with E-state index in [2.05, 4.69) is 10.6 Å². The van der Waals surface area contributed by atoms with Crippen LogP contribution in [0.15, 0.2) is 48.1 Å². The van der Waals surface area contributed by atoms with Gasteiger partial charge in [0.15, 0.2) is 5.78 Å². The van der Waals surface area contributed by atoms with Crippen LogP contribution in [0.2, 0.25) is 5.02 Å². The molecular formula is C63H81ClF2N6O17. The zero-order valence-electron chi connectivity index (χ0n) is 51.9. The van der Waals surface area contributed by atoms with E-state index < -0.39 is 160 Å². The number of amides is 7. The fraction of sp³-hybridized carbons (Fsp3) is 0.571. The number of nitrogens with zero attached hydrogens (tertiary/aromatic N) is 3. The molecule has 4 aliphatic rings. The smallest absolute Gasteiger partial charge is 0.333 e. The summed E-state index contributed by atoms with van der Waals surface area (Å²) in [6.07, 6.45) is -0.425. The minimum Gasteiger partial charge on any atom is -0.462 e. The molecule has 23 nitrogen and oxygen atoms in total. The maximum Gasteiger partial charge on any atom is 0.333 e. The highest BCUT2D eigenvalue weighted by Crippen LogP contribution is 2.50. The molecule has 89 heavy (non-hydrogen) atoms. The number of esters is 2. The Bertz CT molecular complexity index is 3140. The second kappa shape index (κ2) is 30.4. The Morgan fingerprint density at radius 2 is 1.63 bits per heavy atom. The number of anilines is 1. The van der Waals surface area contributed by atoms with Gasteiger partial charge in [0.2, 0.25) is 11.8 Å². The second-order valence-electron chi connectivity index (χ2n) is 24.2. The number of imide groups is 1. The highest BCUT2D eigenvalue weighted by Gasteiger charge is 2.64. The number of epoxide rings is 1. The van der Waals surface area contributed by atoms with Gasteiger partial charge in [0.25, 0.3) is 17.7 Å². The van der Waals surface area contributed by atoms with E-state index in [4.69, 9.17) is 41.1 Å². The molecule has 26 heteroatoms. The van der Waals surface area contributed by atoms with Crippen LogP contribution in [0.4, 0.5) is 19.3 Å².